The number of aliphatic hydroxyl groups excluding tert-OH is 3. The number of aliphatic hydroxyl groups is 4. The fourth-order valence-electron chi connectivity index (χ4n) is 7.97. The molecule has 0 aliphatic carbocycles. The number of allylic oxidation sites excluding steroid dienone is 2. The molecule has 0 aromatic carbocycles. The molecule has 0 amide bonds. The molecule has 15 heteroatoms. The summed E-state index contributed by atoms with van der Waals surface area (Å²) in [6.07, 6.45) is -1.26. The molecule has 0 aromatic rings. The molecule has 2 fully saturated rings. The van der Waals surface area contributed by atoms with Gasteiger partial charge in [0.25, 0.3) is 0 Å². The van der Waals surface area contributed by atoms with Gasteiger partial charge in [-0.25, -0.2) is 0 Å². The van der Waals surface area contributed by atoms with Crippen molar-refractivity contribution in [2.24, 2.45) is 11.8 Å². The lowest BCUT2D eigenvalue weighted by Crippen LogP contribution is -2.66. The maximum absolute atomic E-state index is 12.9. The Morgan fingerprint density at radius 2 is 1.73 bits per heavy atom. The summed E-state index contributed by atoms with van der Waals surface area (Å²) < 4.78 is 42.5. The van der Waals surface area contributed by atoms with Gasteiger partial charge in [-0.1, -0.05) is 51.0 Å². The lowest BCUT2D eigenvalue weighted by Gasteiger charge is -2.50. The molecule has 0 saturated carbocycles. The average molecular weight is 800 g/mol. The van der Waals surface area contributed by atoms with Crippen LogP contribution in [0.15, 0.2) is 24.3 Å². The van der Waals surface area contributed by atoms with Gasteiger partial charge in [0.1, 0.15) is 36.3 Å². The predicted octanol–water partition coefficient (Wildman–Crippen LogP) is 2.98. The minimum absolute atomic E-state index is 0.0246. The number of unbranched alkanes of at least 4 members (excludes halogenated alkanes) is 2. The highest BCUT2D eigenvalue weighted by molar-refractivity contribution is 5.70. The number of hydrogen-bond acceptors (Lipinski definition) is 15. The maximum Gasteiger partial charge on any atom is 0.308 e. The first-order chi connectivity index (χ1) is 26.4. The number of carbonyl (C=O) groups is 3. The van der Waals surface area contributed by atoms with Crippen molar-refractivity contribution in [1.82, 2.24) is 4.90 Å². The third kappa shape index (κ3) is 13.6. The summed E-state index contributed by atoms with van der Waals surface area (Å²) in [5.41, 5.74) is -1.48. The molecule has 322 valence electrons. The first kappa shape index (κ1) is 48.1. The smallest absolute Gasteiger partial charge is 0.308 e. The van der Waals surface area contributed by atoms with Crippen LogP contribution in [0.25, 0.3) is 0 Å². The number of cyclic esters (lactones) is 1. The Labute approximate surface area is 332 Å². The number of likely N-dealkylation sites (N-methyl/N-ethyl adjacent to an activating group) is 1. The monoisotopic (exact) mass is 799 g/mol. The molecule has 4 N–H and O–H groups in total. The van der Waals surface area contributed by atoms with Crippen LogP contribution in [0.1, 0.15) is 99.3 Å². The van der Waals surface area contributed by atoms with E-state index in [0.29, 0.717) is 12.8 Å². The quantitative estimate of drug-likeness (QED) is 0.120. The van der Waals surface area contributed by atoms with Crippen molar-refractivity contribution in [2.45, 2.75) is 185 Å². The van der Waals surface area contributed by atoms with Gasteiger partial charge in [0, 0.05) is 32.8 Å². The minimum Gasteiger partial charge on any atom is -0.462 e. The van der Waals surface area contributed by atoms with E-state index in [2.05, 4.69) is 0 Å². The van der Waals surface area contributed by atoms with Gasteiger partial charge in [-0.05, 0) is 66.5 Å². The number of nitrogens with zero attached hydrogens (tertiary/aromatic N) is 1. The summed E-state index contributed by atoms with van der Waals surface area (Å²) in [6.45, 7) is 10.6. The number of hydrogen-bond donors (Lipinski definition) is 4. The summed E-state index contributed by atoms with van der Waals surface area (Å²) in [5.74, 6) is -2.08. The van der Waals surface area contributed by atoms with Crippen LogP contribution in [0.5, 0.6) is 0 Å². The topological polar surface area (TPSA) is 200 Å². The third-order valence-corrected chi connectivity index (χ3v) is 11.0. The van der Waals surface area contributed by atoms with Crippen molar-refractivity contribution in [1.29, 1.82) is 0 Å². The van der Waals surface area contributed by atoms with Crippen LogP contribution >= 0.6 is 0 Å². The predicted molar refractivity (Wildman–Crippen MR) is 205 cm³/mol. The summed E-state index contributed by atoms with van der Waals surface area (Å²) >= 11 is 0. The van der Waals surface area contributed by atoms with Gasteiger partial charge in [0.05, 0.1) is 43.0 Å². The fourth-order valence-corrected chi connectivity index (χ4v) is 7.97. The van der Waals surface area contributed by atoms with Crippen LogP contribution in [-0.2, 0) is 47.5 Å². The van der Waals surface area contributed by atoms with Gasteiger partial charge in [0.15, 0.2) is 18.7 Å². The zero-order valence-electron chi connectivity index (χ0n) is 34.7. The van der Waals surface area contributed by atoms with Gasteiger partial charge in [0.2, 0.25) is 0 Å². The van der Waals surface area contributed by atoms with Gasteiger partial charge in [-0.3, -0.25) is 9.59 Å². The maximum atomic E-state index is 12.9. The Hall–Kier alpha value is -2.31. The van der Waals surface area contributed by atoms with E-state index < -0.39 is 110 Å². The first-order valence-corrected chi connectivity index (χ1v) is 20.2. The molecule has 0 bridgehead atoms. The normalized spacial score (nSPS) is 41.8. The second-order valence-electron chi connectivity index (χ2n) is 16.2. The number of methoxy groups -OCH3 is 1. The van der Waals surface area contributed by atoms with Crippen molar-refractivity contribution >= 4 is 18.2 Å². The molecule has 0 radical (unpaired) electrons. The molecule has 16 atom stereocenters. The number of ether oxygens (including phenoxy) is 7. The zero-order valence-corrected chi connectivity index (χ0v) is 34.7. The highest BCUT2D eigenvalue weighted by Crippen LogP contribution is 2.37. The number of esters is 2. The van der Waals surface area contributed by atoms with Crippen LogP contribution in [0.4, 0.5) is 0 Å². The lowest BCUT2D eigenvalue weighted by molar-refractivity contribution is -0.344. The molecular weight excluding hydrogens is 730 g/mol. The summed E-state index contributed by atoms with van der Waals surface area (Å²) in [4.78, 5) is 39.3. The van der Waals surface area contributed by atoms with Gasteiger partial charge >= 0.3 is 11.9 Å². The average Bonchev–Trinajstić information content (AvgIpc) is 3.10. The van der Waals surface area contributed by atoms with Gasteiger partial charge in [-0.2, -0.15) is 0 Å². The SMILES string of the molecule is CCCCCC(=O)O[C@H]1[C@H](C)O[C@@H](O[C@H]2[C@H](N(C)C)[C@@H](O)[C@H](O[C@H]3C(CC=O)C[C@@H](C)[C@@H](O)/C=C/C=C/C[C@@H](C)OC(=O)C[C@@H](O)[C@@H]3OC)O[C@@H]2C)C[C@@]1(C)O. The molecule has 2 saturated heterocycles. The van der Waals surface area contributed by atoms with Crippen molar-refractivity contribution in [3.8, 4) is 0 Å². The van der Waals surface area contributed by atoms with E-state index >= 15 is 0 Å². The molecule has 0 aromatic heterocycles. The van der Waals surface area contributed by atoms with Crippen molar-refractivity contribution in [2.75, 3.05) is 21.2 Å². The Morgan fingerprint density at radius 3 is 2.36 bits per heavy atom. The first-order valence-electron chi connectivity index (χ1n) is 20.2. The second-order valence-corrected chi connectivity index (χ2v) is 16.2. The standard InChI is InChI=1S/C41H69NO14/c1-10-11-13-18-31(46)54-39-27(5)52-33(23-41(39,6)49)55-36-26(4)53-40(35(48)34(36)42(7)8)56-37-28(19-20-43)21-24(2)29(44)17-15-12-14-16-25(3)51-32(47)22-30(45)38(37)50-9/h12,14-15,17,20,24-30,33-40,44-45,48-49H,10-11,13,16,18-19,21-23H2,1-9H3/b14-12+,17-15+/t24-,25-,26-,27+,28?,29+,30-,33+,34-,35-,36-,37+,38+,39+,40+,41-/m1/s1. The molecular formula is C41H69NO14. The number of carbonyl (C=O) groups excluding carboxylic acids is 3. The van der Waals surface area contributed by atoms with Crippen LogP contribution in [0.2, 0.25) is 0 Å². The Balaban J connectivity index is 1.88. The second kappa shape index (κ2) is 22.7. The van der Waals surface area contributed by atoms with Crippen molar-refractivity contribution in [3.63, 3.8) is 0 Å². The van der Waals surface area contributed by atoms with Gasteiger partial charge in [-0.15, -0.1) is 0 Å². The van der Waals surface area contributed by atoms with Crippen LogP contribution < -0.4 is 0 Å². The largest absolute Gasteiger partial charge is 0.462 e. The summed E-state index contributed by atoms with van der Waals surface area (Å²) in [7, 11) is 4.87. The number of rotatable bonds is 13. The van der Waals surface area contributed by atoms with E-state index in [4.69, 9.17) is 33.2 Å². The summed E-state index contributed by atoms with van der Waals surface area (Å²) in [5, 5.41) is 45.8. The van der Waals surface area contributed by atoms with E-state index in [0.717, 1.165) is 19.1 Å². The third-order valence-electron chi connectivity index (χ3n) is 11.0. The van der Waals surface area contributed by atoms with Crippen LogP contribution in [0.3, 0.4) is 0 Å². The molecule has 3 rings (SSSR count). The highest BCUT2D eigenvalue weighted by atomic mass is 16.7. The fraction of sp³-hybridized carbons (Fsp3) is 0.829. The lowest BCUT2D eigenvalue weighted by atomic mass is 9.82. The van der Waals surface area contributed by atoms with E-state index in [1.54, 1.807) is 64.9 Å². The number of aldehydes is 1. The molecule has 0 spiro atoms. The van der Waals surface area contributed by atoms with Crippen LogP contribution in [-0.4, -0.2) is 150 Å². The Bertz CT molecular complexity index is 1280. The molecule has 3 heterocycles. The minimum atomic E-state index is -1.48. The molecule has 56 heavy (non-hydrogen) atoms. The molecule has 15 nitrogen and oxygen atoms in total. The van der Waals surface area contributed by atoms with Crippen LogP contribution in [0, 0.1) is 11.8 Å². The van der Waals surface area contributed by atoms with E-state index in [-0.39, 0.29) is 31.6 Å². The summed E-state index contributed by atoms with van der Waals surface area (Å²) in [6, 6.07) is -0.751. The Kier molecular flexibility index (Phi) is 19.5. The van der Waals surface area contributed by atoms with Gasteiger partial charge < -0.3 is 63.3 Å². The van der Waals surface area contributed by atoms with Crippen molar-refractivity contribution in [3.05, 3.63) is 24.3 Å². The van der Waals surface area contributed by atoms with Crippen molar-refractivity contribution < 1.29 is 68.0 Å². The molecule has 3 aliphatic heterocycles. The molecule has 3 aliphatic rings. The van der Waals surface area contributed by atoms with E-state index in [1.807, 2.05) is 19.9 Å². The highest BCUT2D eigenvalue weighted by Gasteiger charge is 2.52. The van der Waals surface area contributed by atoms with E-state index in [9.17, 15) is 34.8 Å². The Morgan fingerprint density at radius 1 is 1.02 bits per heavy atom. The zero-order chi connectivity index (χ0) is 41.7. The molecule has 1 unspecified atom stereocenters. The van der Waals surface area contributed by atoms with E-state index in [1.165, 1.54) is 7.11 Å².